The highest BCUT2D eigenvalue weighted by Crippen LogP contribution is 2.19. The third-order valence-electron chi connectivity index (χ3n) is 3.12. The number of esters is 1. The summed E-state index contributed by atoms with van der Waals surface area (Å²) in [5.41, 5.74) is 2.22. The van der Waals surface area contributed by atoms with E-state index < -0.39 is 5.97 Å². The molecule has 0 spiro atoms. The lowest BCUT2D eigenvalue weighted by Gasteiger charge is -2.20. The molecular formula is C16H22ClN3O3. The lowest BCUT2D eigenvalue weighted by molar-refractivity contribution is -0.147. The summed E-state index contributed by atoms with van der Waals surface area (Å²) in [5.74, 6) is -0.864. The molecule has 0 atom stereocenters. The van der Waals surface area contributed by atoms with E-state index in [1.54, 1.807) is 18.9 Å². The molecule has 0 aliphatic heterocycles. The molecule has 6 nitrogen and oxygen atoms in total. The number of halogens is 1. The molecule has 1 amide bonds. The van der Waals surface area contributed by atoms with Gasteiger partial charge in [0.2, 0.25) is 0 Å². The average molecular weight is 340 g/mol. The zero-order valence-corrected chi connectivity index (χ0v) is 14.7. The van der Waals surface area contributed by atoms with E-state index in [0.29, 0.717) is 29.5 Å². The second-order valence-corrected chi connectivity index (χ2v) is 5.58. The number of amides is 1. The zero-order valence-electron chi connectivity index (χ0n) is 13.9. The molecule has 0 radical (unpaired) electrons. The number of likely N-dealkylation sites (N-methyl/N-ethyl adjacent to an activating group) is 1. The van der Waals surface area contributed by atoms with Gasteiger partial charge in [0.25, 0.3) is 5.91 Å². The highest BCUT2D eigenvalue weighted by molar-refractivity contribution is 6.31. The fourth-order valence-electron chi connectivity index (χ4n) is 1.96. The lowest BCUT2D eigenvalue weighted by Crippen LogP contribution is -2.35. The summed E-state index contributed by atoms with van der Waals surface area (Å²) in [7, 11) is 1.71. The van der Waals surface area contributed by atoms with Gasteiger partial charge in [-0.2, -0.15) is 5.10 Å². The SMILES string of the molecule is C=C(C)CN(CC)C(=O)COC(=O)/C=C/c1c(C)nn(C)c1Cl. The van der Waals surface area contributed by atoms with Crippen LogP contribution in [0.3, 0.4) is 0 Å². The Balaban J connectivity index is 2.58. The van der Waals surface area contributed by atoms with Crippen LogP contribution in [0.25, 0.3) is 6.08 Å². The van der Waals surface area contributed by atoms with Crippen molar-refractivity contribution >= 4 is 29.6 Å². The van der Waals surface area contributed by atoms with E-state index in [1.807, 2.05) is 13.8 Å². The minimum atomic E-state index is -0.607. The van der Waals surface area contributed by atoms with Gasteiger partial charge >= 0.3 is 5.97 Å². The summed E-state index contributed by atoms with van der Waals surface area (Å²) >= 11 is 6.06. The van der Waals surface area contributed by atoms with Crippen molar-refractivity contribution in [2.75, 3.05) is 19.7 Å². The molecule has 0 aliphatic rings. The van der Waals surface area contributed by atoms with Crippen LogP contribution in [0.1, 0.15) is 25.1 Å². The highest BCUT2D eigenvalue weighted by Gasteiger charge is 2.14. The largest absolute Gasteiger partial charge is 0.452 e. The van der Waals surface area contributed by atoms with Crippen LogP contribution in [-0.4, -0.2) is 46.3 Å². The summed E-state index contributed by atoms with van der Waals surface area (Å²) in [6.07, 6.45) is 2.77. The Morgan fingerprint density at radius 1 is 1.48 bits per heavy atom. The molecule has 0 bridgehead atoms. The number of hydrogen-bond donors (Lipinski definition) is 0. The first kappa shape index (κ1) is 19.0. The third-order valence-corrected chi connectivity index (χ3v) is 3.56. The second-order valence-electron chi connectivity index (χ2n) is 5.22. The van der Waals surface area contributed by atoms with Gasteiger partial charge in [-0.05, 0) is 26.8 Å². The molecule has 1 aromatic rings. The minimum Gasteiger partial charge on any atom is -0.452 e. The summed E-state index contributed by atoms with van der Waals surface area (Å²) in [4.78, 5) is 25.2. The predicted octanol–water partition coefficient (Wildman–Crippen LogP) is 2.36. The summed E-state index contributed by atoms with van der Waals surface area (Å²) in [6.45, 7) is 9.93. The smallest absolute Gasteiger partial charge is 0.331 e. The van der Waals surface area contributed by atoms with Crippen LogP contribution in [0.15, 0.2) is 18.2 Å². The number of aromatic nitrogens is 2. The minimum absolute atomic E-state index is 0.257. The molecule has 7 heteroatoms. The maximum atomic E-state index is 11.9. The lowest BCUT2D eigenvalue weighted by atomic mass is 10.2. The Hall–Kier alpha value is -2.08. The maximum absolute atomic E-state index is 11.9. The topological polar surface area (TPSA) is 64.4 Å². The number of hydrogen-bond acceptors (Lipinski definition) is 4. The Morgan fingerprint density at radius 3 is 2.61 bits per heavy atom. The Kier molecular flexibility index (Phi) is 7.03. The van der Waals surface area contributed by atoms with Crippen molar-refractivity contribution in [3.8, 4) is 0 Å². The Bertz CT molecular complexity index is 635. The average Bonchev–Trinajstić information content (AvgIpc) is 2.73. The molecular weight excluding hydrogens is 318 g/mol. The molecule has 23 heavy (non-hydrogen) atoms. The molecule has 0 saturated heterocycles. The summed E-state index contributed by atoms with van der Waals surface area (Å²) < 4.78 is 6.48. The molecule has 0 N–H and O–H groups in total. The fraction of sp³-hybridized carbons (Fsp3) is 0.438. The van der Waals surface area contributed by atoms with Crippen molar-refractivity contribution in [1.29, 1.82) is 0 Å². The van der Waals surface area contributed by atoms with E-state index in [1.165, 1.54) is 16.8 Å². The van der Waals surface area contributed by atoms with E-state index in [2.05, 4.69) is 11.7 Å². The summed E-state index contributed by atoms with van der Waals surface area (Å²) in [5, 5.41) is 4.57. The van der Waals surface area contributed by atoms with E-state index in [4.69, 9.17) is 16.3 Å². The third kappa shape index (κ3) is 5.56. The first-order valence-electron chi connectivity index (χ1n) is 7.22. The number of ether oxygens (including phenoxy) is 1. The number of carbonyl (C=O) groups is 2. The molecule has 0 aromatic carbocycles. The molecule has 126 valence electrons. The van der Waals surface area contributed by atoms with Crippen LogP contribution >= 0.6 is 11.6 Å². The molecule has 0 aliphatic carbocycles. The highest BCUT2D eigenvalue weighted by atomic mass is 35.5. The van der Waals surface area contributed by atoms with Gasteiger partial charge in [0.05, 0.1) is 5.69 Å². The molecule has 0 unspecified atom stereocenters. The first-order chi connectivity index (χ1) is 10.8. The predicted molar refractivity (Wildman–Crippen MR) is 90.0 cm³/mol. The molecule has 0 fully saturated rings. The fourth-order valence-corrected chi connectivity index (χ4v) is 2.20. The van der Waals surface area contributed by atoms with Crippen LogP contribution < -0.4 is 0 Å². The number of nitrogens with zero attached hydrogens (tertiary/aromatic N) is 3. The van der Waals surface area contributed by atoms with Crippen LogP contribution in [0, 0.1) is 6.92 Å². The number of carbonyl (C=O) groups excluding carboxylic acids is 2. The standard InChI is InChI=1S/C16H22ClN3O3/c1-6-20(9-11(2)3)14(21)10-23-15(22)8-7-13-12(4)18-19(5)16(13)17/h7-8H,2,6,9-10H2,1,3-5H3/b8-7+. The van der Waals surface area contributed by atoms with Gasteiger partial charge in [-0.1, -0.05) is 23.8 Å². The van der Waals surface area contributed by atoms with Gasteiger partial charge in [0.1, 0.15) is 5.15 Å². The van der Waals surface area contributed by atoms with Crippen molar-refractivity contribution in [2.45, 2.75) is 20.8 Å². The first-order valence-corrected chi connectivity index (χ1v) is 7.60. The van der Waals surface area contributed by atoms with Crippen molar-refractivity contribution in [2.24, 2.45) is 7.05 Å². The van der Waals surface area contributed by atoms with Gasteiger partial charge in [0.15, 0.2) is 6.61 Å². The summed E-state index contributed by atoms with van der Waals surface area (Å²) in [6, 6.07) is 0. The van der Waals surface area contributed by atoms with Gasteiger partial charge in [-0.3, -0.25) is 9.48 Å². The van der Waals surface area contributed by atoms with Gasteiger partial charge in [-0.15, -0.1) is 0 Å². The van der Waals surface area contributed by atoms with Crippen molar-refractivity contribution in [3.63, 3.8) is 0 Å². The monoisotopic (exact) mass is 339 g/mol. The molecule has 1 aromatic heterocycles. The normalized spacial score (nSPS) is 10.8. The van der Waals surface area contributed by atoms with Crippen molar-refractivity contribution in [1.82, 2.24) is 14.7 Å². The quantitative estimate of drug-likeness (QED) is 0.434. The van der Waals surface area contributed by atoms with Crippen LogP contribution in [-0.2, 0) is 21.4 Å². The van der Waals surface area contributed by atoms with Crippen LogP contribution in [0.5, 0.6) is 0 Å². The van der Waals surface area contributed by atoms with E-state index in [-0.39, 0.29) is 12.5 Å². The molecule has 1 heterocycles. The number of rotatable bonds is 7. The van der Waals surface area contributed by atoms with E-state index in [0.717, 1.165) is 5.57 Å². The van der Waals surface area contributed by atoms with Gasteiger partial charge in [0, 0.05) is 31.8 Å². The van der Waals surface area contributed by atoms with Crippen LogP contribution in [0.4, 0.5) is 0 Å². The van der Waals surface area contributed by atoms with E-state index in [9.17, 15) is 9.59 Å². The van der Waals surface area contributed by atoms with E-state index >= 15 is 0 Å². The van der Waals surface area contributed by atoms with Crippen molar-refractivity contribution < 1.29 is 14.3 Å². The molecule has 0 saturated carbocycles. The number of aryl methyl sites for hydroxylation is 2. The zero-order chi connectivity index (χ0) is 17.6. The van der Waals surface area contributed by atoms with Gasteiger partial charge in [-0.25, -0.2) is 4.79 Å². The van der Waals surface area contributed by atoms with Crippen LogP contribution in [0.2, 0.25) is 5.15 Å². The second kappa shape index (κ2) is 8.53. The Labute approximate surface area is 141 Å². The Morgan fingerprint density at radius 2 is 2.13 bits per heavy atom. The molecule has 1 rings (SSSR count). The van der Waals surface area contributed by atoms with Crippen molar-refractivity contribution in [3.05, 3.63) is 34.6 Å². The maximum Gasteiger partial charge on any atom is 0.331 e. The van der Waals surface area contributed by atoms with Gasteiger partial charge < -0.3 is 9.64 Å².